The number of sulfonamides is 1. The summed E-state index contributed by atoms with van der Waals surface area (Å²) in [5, 5.41) is 9.34. The molecule has 11 heteroatoms. The molecule has 1 unspecified atom stereocenters. The molecule has 166 valence electrons. The van der Waals surface area contributed by atoms with E-state index >= 15 is 0 Å². The first-order valence-corrected chi connectivity index (χ1v) is 11.6. The lowest BCUT2D eigenvalue weighted by atomic mass is 9.98. The Kier molecular flexibility index (Phi) is 5.71. The highest BCUT2D eigenvalue weighted by Gasteiger charge is 2.36. The number of hydrogen-bond acceptors (Lipinski definition) is 6. The molecule has 0 saturated carbocycles. The SMILES string of the molecule is Cc1noc(C)c1S(=O)(=O)N1CCCC(C(=O)Nc2ccc(N3CCNC3=O)cc2)C1. The van der Waals surface area contributed by atoms with Gasteiger partial charge in [0.05, 0.1) is 5.92 Å². The van der Waals surface area contributed by atoms with E-state index in [1.54, 1.807) is 43.0 Å². The van der Waals surface area contributed by atoms with E-state index in [-0.39, 0.29) is 29.1 Å². The van der Waals surface area contributed by atoms with E-state index in [4.69, 9.17) is 4.52 Å². The summed E-state index contributed by atoms with van der Waals surface area (Å²) in [4.78, 5) is 26.3. The average Bonchev–Trinajstić information content (AvgIpc) is 3.33. The van der Waals surface area contributed by atoms with Gasteiger partial charge in [-0.15, -0.1) is 0 Å². The zero-order valence-corrected chi connectivity index (χ0v) is 18.2. The van der Waals surface area contributed by atoms with Gasteiger partial charge in [0.1, 0.15) is 10.6 Å². The number of aromatic nitrogens is 1. The zero-order valence-electron chi connectivity index (χ0n) is 17.4. The molecule has 2 saturated heterocycles. The molecule has 2 aliphatic heterocycles. The maximum absolute atomic E-state index is 13.1. The fraction of sp³-hybridized carbons (Fsp3) is 0.450. The summed E-state index contributed by atoms with van der Waals surface area (Å²) in [5.41, 5.74) is 1.66. The lowest BCUT2D eigenvalue weighted by Crippen LogP contribution is -2.43. The molecule has 0 spiro atoms. The molecule has 3 heterocycles. The van der Waals surface area contributed by atoms with Crippen molar-refractivity contribution in [3.63, 3.8) is 0 Å². The smallest absolute Gasteiger partial charge is 0.321 e. The first kappa shape index (κ1) is 21.3. The van der Waals surface area contributed by atoms with Crippen molar-refractivity contribution in [3.05, 3.63) is 35.7 Å². The maximum atomic E-state index is 13.1. The van der Waals surface area contributed by atoms with Gasteiger partial charge in [-0.05, 0) is 51.0 Å². The summed E-state index contributed by atoms with van der Waals surface area (Å²) in [6.45, 7) is 4.81. The fourth-order valence-electron chi connectivity index (χ4n) is 4.03. The van der Waals surface area contributed by atoms with E-state index in [0.717, 1.165) is 5.69 Å². The molecule has 10 nitrogen and oxygen atoms in total. The number of carbonyl (C=O) groups excluding carboxylic acids is 2. The number of hydrogen-bond donors (Lipinski definition) is 2. The van der Waals surface area contributed by atoms with Crippen molar-refractivity contribution in [1.29, 1.82) is 0 Å². The summed E-state index contributed by atoms with van der Waals surface area (Å²) in [6, 6.07) is 6.88. The molecule has 3 amide bonds. The second kappa shape index (κ2) is 8.31. The first-order valence-electron chi connectivity index (χ1n) is 10.2. The summed E-state index contributed by atoms with van der Waals surface area (Å²) in [7, 11) is -3.79. The molecule has 2 fully saturated rings. The van der Waals surface area contributed by atoms with Crippen LogP contribution in [0.4, 0.5) is 16.2 Å². The molecule has 31 heavy (non-hydrogen) atoms. The second-order valence-corrected chi connectivity index (χ2v) is 9.65. The van der Waals surface area contributed by atoms with Crippen molar-refractivity contribution in [2.45, 2.75) is 31.6 Å². The van der Waals surface area contributed by atoms with Crippen molar-refractivity contribution >= 4 is 33.3 Å². The van der Waals surface area contributed by atoms with Crippen molar-refractivity contribution < 1.29 is 22.5 Å². The molecule has 1 aromatic carbocycles. The molecule has 0 radical (unpaired) electrons. The molecule has 2 N–H and O–H groups in total. The van der Waals surface area contributed by atoms with E-state index in [9.17, 15) is 18.0 Å². The number of piperidine rings is 1. The van der Waals surface area contributed by atoms with Gasteiger partial charge in [-0.25, -0.2) is 13.2 Å². The van der Waals surface area contributed by atoms with Gasteiger partial charge in [-0.3, -0.25) is 9.69 Å². The van der Waals surface area contributed by atoms with Crippen LogP contribution in [0.25, 0.3) is 0 Å². The highest BCUT2D eigenvalue weighted by molar-refractivity contribution is 7.89. The van der Waals surface area contributed by atoms with Crippen LogP contribution >= 0.6 is 0 Å². The third-order valence-corrected chi connectivity index (χ3v) is 7.73. The third kappa shape index (κ3) is 4.15. The molecule has 1 aromatic heterocycles. The molecule has 2 aromatic rings. The maximum Gasteiger partial charge on any atom is 0.321 e. The minimum atomic E-state index is -3.79. The predicted octanol–water partition coefficient (Wildman–Crippen LogP) is 1.86. The minimum absolute atomic E-state index is 0.0788. The van der Waals surface area contributed by atoms with Crippen molar-refractivity contribution in [2.75, 3.05) is 36.4 Å². The molecular weight excluding hydrogens is 422 g/mol. The quantitative estimate of drug-likeness (QED) is 0.721. The van der Waals surface area contributed by atoms with Crippen LogP contribution in [0.1, 0.15) is 24.3 Å². The van der Waals surface area contributed by atoms with Crippen LogP contribution < -0.4 is 15.5 Å². The summed E-state index contributed by atoms with van der Waals surface area (Å²) >= 11 is 0. The van der Waals surface area contributed by atoms with Crippen molar-refractivity contribution in [2.24, 2.45) is 5.92 Å². The number of amides is 3. The number of carbonyl (C=O) groups is 2. The predicted molar refractivity (Wildman–Crippen MR) is 113 cm³/mol. The van der Waals surface area contributed by atoms with Crippen LogP contribution in [0.15, 0.2) is 33.7 Å². The summed E-state index contributed by atoms with van der Waals surface area (Å²) in [5.74, 6) is -0.450. The number of anilines is 2. The number of rotatable bonds is 5. The van der Waals surface area contributed by atoms with Gasteiger partial charge >= 0.3 is 6.03 Å². The average molecular weight is 448 g/mol. The van der Waals surface area contributed by atoms with Crippen LogP contribution in [0.5, 0.6) is 0 Å². The molecule has 1 atom stereocenters. The van der Waals surface area contributed by atoms with Crippen LogP contribution in [-0.4, -0.2) is 56.0 Å². The van der Waals surface area contributed by atoms with E-state index in [0.29, 0.717) is 43.9 Å². The van der Waals surface area contributed by atoms with E-state index < -0.39 is 15.9 Å². The van der Waals surface area contributed by atoms with Gasteiger partial charge in [0.25, 0.3) is 0 Å². The highest BCUT2D eigenvalue weighted by Crippen LogP contribution is 2.28. The van der Waals surface area contributed by atoms with Crippen LogP contribution in [0.3, 0.4) is 0 Å². The normalized spacial score (nSPS) is 20.0. The van der Waals surface area contributed by atoms with Crippen LogP contribution in [-0.2, 0) is 14.8 Å². The Morgan fingerprint density at radius 3 is 2.58 bits per heavy atom. The minimum Gasteiger partial charge on any atom is -0.360 e. The molecule has 0 bridgehead atoms. The van der Waals surface area contributed by atoms with Crippen molar-refractivity contribution in [1.82, 2.24) is 14.8 Å². The first-order chi connectivity index (χ1) is 14.8. The Bertz CT molecular complexity index is 1080. The van der Waals surface area contributed by atoms with Gasteiger partial charge in [0, 0.05) is 37.6 Å². The molecular formula is C20H25N5O5S. The fourth-order valence-corrected chi connectivity index (χ4v) is 5.85. The Balaban J connectivity index is 1.43. The summed E-state index contributed by atoms with van der Waals surface area (Å²) < 4.78 is 32.5. The van der Waals surface area contributed by atoms with Crippen molar-refractivity contribution in [3.8, 4) is 0 Å². The van der Waals surface area contributed by atoms with E-state index in [1.165, 1.54) is 4.31 Å². The monoisotopic (exact) mass is 447 g/mol. The largest absolute Gasteiger partial charge is 0.360 e. The van der Waals surface area contributed by atoms with Gasteiger partial charge in [0.15, 0.2) is 5.76 Å². The topological polar surface area (TPSA) is 125 Å². The van der Waals surface area contributed by atoms with Gasteiger partial charge in [-0.2, -0.15) is 4.31 Å². The van der Waals surface area contributed by atoms with Gasteiger partial charge in [-0.1, -0.05) is 5.16 Å². The number of nitrogens with one attached hydrogen (secondary N) is 2. The number of aryl methyl sites for hydroxylation is 2. The lowest BCUT2D eigenvalue weighted by Gasteiger charge is -2.31. The Hall–Kier alpha value is -2.92. The lowest BCUT2D eigenvalue weighted by molar-refractivity contribution is -0.120. The van der Waals surface area contributed by atoms with Gasteiger partial charge < -0.3 is 15.2 Å². The Labute approximate surface area is 180 Å². The second-order valence-electron chi connectivity index (χ2n) is 7.78. The number of benzene rings is 1. The molecule has 0 aliphatic carbocycles. The zero-order chi connectivity index (χ0) is 22.2. The molecule has 2 aliphatic rings. The number of urea groups is 1. The Morgan fingerprint density at radius 1 is 1.23 bits per heavy atom. The number of nitrogens with zero attached hydrogens (tertiary/aromatic N) is 3. The Morgan fingerprint density at radius 2 is 1.97 bits per heavy atom. The van der Waals surface area contributed by atoms with E-state index in [1.807, 2.05) is 0 Å². The van der Waals surface area contributed by atoms with E-state index in [2.05, 4.69) is 15.8 Å². The van der Waals surface area contributed by atoms with Gasteiger partial charge in [0.2, 0.25) is 15.9 Å². The highest BCUT2D eigenvalue weighted by atomic mass is 32.2. The molecule has 4 rings (SSSR count). The summed E-state index contributed by atoms with van der Waals surface area (Å²) in [6.07, 6.45) is 1.19. The van der Waals surface area contributed by atoms with Crippen LogP contribution in [0, 0.1) is 19.8 Å². The van der Waals surface area contributed by atoms with Crippen LogP contribution in [0.2, 0.25) is 0 Å². The third-order valence-electron chi connectivity index (χ3n) is 5.62. The standard InChI is InChI=1S/C20H25N5O5S/c1-13-18(14(2)30-23-13)31(28,29)24-10-3-4-15(12-24)19(26)22-16-5-7-17(8-6-16)25-11-9-21-20(25)27/h5-8,15H,3-4,9-12H2,1-2H3,(H,21,27)(H,22,26).